The van der Waals surface area contributed by atoms with Gasteiger partial charge in [-0.2, -0.15) is 0 Å². The van der Waals surface area contributed by atoms with Gasteiger partial charge in [-0.25, -0.2) is 0 Å². The van der Waals surface area contributed by atoms with Gasteiger partial charge in [0, 0.05) is 12.1 Å². The number of likely N-dealkylation sites (tertiary alicyclic amines) is 1. The highest BCUT2D eigenvalue weighted by Gasteiger charge is 2.36. The van der Waals surface area contributed by atoms with Crippen molar-refractivity contribution in [2.45, 2.75) is 83.3 Å². The molecule has 1 aliphatic heterocycles. The largest absolute Gasteiger partial charge is 0.368 e. The molecule has 122 valence electrons. The number of hydrogen-bond acceptors (Lipinski definition) is 3. The summed E-state index contributed by atoms with van der Waals surface area (Å²) in [6.45, 7) is 8.44. The minimum Gasteiger partial charge on any atom is -0.368 e. The van der Waals surface area contributed by atoms with Crippen LogP contribution in [0, 0.1) is 5.92 Å². The Bertz CT molecular complexity index is 358. The van der Waals surface area contributed by atoms with E-state index in [0.717, 1.165) is 31.3 Å². The highest BCUT2D eigenvalue weighted by molar-refractivity contribution is 5.84. The third-order valence-electron chi connectivity index (χ3n) is 5.40. The van der Waals surface area contributed by atoms with Gasteiger partial charge in [0.05, 0.1) is 5.54 Å². The first-order valence-corrected chi connectivity index (χ1v) is 8.74. The van der Waals surface area contributed by atoms with Gasteiger partial charge < -0.3 is 16.0 Å². The van der Waals surface area contributed by atoms with Gasteiger partial charge in [0.1, 0.15) is 0 Å². The van der Waals surface area contributed by atoms with Crippen molar-refractivity contribution in [3.63, 3.8) is 0 Å². The molecule has 4 heteroatoms. The maximum atomic E-state index is 11.8. The highest BCUT2D eigenvalue weighted by Crippen LogP contribution is 2.36. The highest BCUT2D eigenvalue weighted by atomic mass is 16.1. The van der Waals surface area contributed by atoms with E-state index in [1.54, 1.807) is 0 Å². The molecule has 0 spiro atoms. The van der Waals surface area contributed by atoms with Gasteiger partial charge >= 0.3 is 0 Å². The molecule has 1 saturated carbocycles. The van der Waals surface area contributed by atoms with Crippen molar-refractivity contribution in [2.24, 2.45) is 11.7 Å². The standard InChI is InChI=1S/C17H33N3O/c1-13(2)19-17(3,16(18)21)10-6-11-20-12-9-14-7-4-5-8-15(14)20/h13-15,19H,4-12H2,1-3H3,(H2,18,21). The first-order chi connectivity index (χ1) is 9.92. The van der Waals surface area contributed by atoms with Crippen molar-refractivity contribution < 1.29 is 4.79 Å². The Morgan fingerprint density at radius 3 is 2.71 bits per heavy atom. The zero-order valence-corrected chi connectivity index (χ0v) is 14.0. The van der Waals surface area contributed by atoms with Crippen LogP contribution in [0.2, 0.25) is 0 Å². The summed E-state index contributed by atoms with van der Waals surface area (Å²) in [5.74, 6) is 0.711. The molecule has 1 saturated heterocycles. The van der Waals surface area contributed by atoms with Crippen molar-refractivity contribution in [3.05, 3.63) is 0 Å². The van der Waals surface area contributed by atoms with E-state index < -0.39 is 5.54 Å². The fourth-order valence-corrected chi connectivity index (χ4v) is 4.32. The molecule has 21 heavy (non-hydrogen) atoms. The molecule has 4 nitrogen and oxygen atoms in total. The number of nitrogens with two attached hydrogens (primary N) is 1. The first-order valence-electron chi connectivity index (χ1n) is 8.74. The Balaban J connectivity index is 1.81. The van der Waals surface area contributed by atoms with E-state index in [-0.39, 0.29) is 11.9 Å². The number of hydrogen-bond donors (Lipinski definition) is 2. The van der Waals surface area contributed by atoms with Crippen LogP contribution in [0.4, 0.5) is 0 Å². The molecule has 2 aliphatic rings. The summed E-state index contributed by atoms with van der Waals surface area (Å²) in [5.41, 5.74) is 5.04. The van der Waals surface area contributed by atoms with Gasteiger partial charge in [-0.3, -0.25) is 4.79 Å². The molecule has 0 radical (unpaired) electrons. The average molecular weight is 295 g/mol. The van der Waals surface area contributed by atoms with E-state index >= 15 is 0 Å². The van der Waals surface area contributed by atoms with Crippen LogP contribution in [0.3, 0.4) is 0 Å². The third-order valence-corrected chi connectivity index (χ3v) is 5.40. The molecule has 1 amide bonds. The predicted molar refractivity (Wildman–Crippen MR) is 87.0 cm³/mol. The Labute approximate surface area is 129 Å². The first kappa shape index (κ1) is 16.8. The summed E-state index contributed by atoms with van der Waals surface area (Å²) in [6.07, 6.45) is 8.87. The van der Waals surface area contributed by atoms with E-state index in [0.29, 0.717) is 0 Å². The van der Waals surface area contributed by atoms with Crippen molar-refractivity contribution in [2.75, 3.05) is 13.1 Å². The minimum atomic E-state index is -0.570. The number of amides is 1. The molecule has 0 aromatic rings. The fraction of sp³-hybridized carbons (Fsp3) is 0.941. The van der Waals surface area contributed by atoms with E-state index in [1.165, 1.54) is 38.6 Å². The quantitative estimate of drug-likeness (QED) is 0.757. The van der Waals surface area contributed by atoms with Gasteiger partial charge in [-0.15, -0.1) is 0 Å². The van der Waals surface area contributed by atoms with Crippen LogP contribution in [-0.4, -0.2) is 41.5 Å². The van der Waals surface area contributed by atoms with Gasteiger partial charge in [0.15, 0.2) is 0 Å². The summed E-state index contributed by atoms with van der Waals surface area (Å²) in [7, 11) is 0. The van der Waals surface area contributed by atoms with E-state index in [1.807, 2.05) is 6.92 Å². The minimum absolute atomic E-state index is 0.229. The van der Waals surface area contributed by atoms with E-state index in [2.05, 4.69) is 24.1 Å². The third kappa shape index (κ3) is 4.19. The molecule has 0 aromatic carbocycles. The molecule has 0 aromatic heterocycles. The van der Waals surface area contributed by atoms with E-state index in [9.17, 15) is 4.79 Å². The predicted octanol–water partition coefficient (Wildman–Crippen LogP) is 2.27. The van der Waals surface area contributed by atoms with Crippen LogP contribution in [0.25, 0.3) is 0 Å². The average Bonchev–Trinajstić information content (AvgIpc) is 2.81. The number of carbonyl (C=O) groups excluding carboxylic acids is 1. The summed E-state index contributed by atoms with van der Waals surface area (Å²) < 4.78 is 0. The van der Waals surface area contributed by atoms with Crippen LogP contribution in [0.1, 0.15) is 65.7 Å². The lowest BCUT2D eigenvalue weighted by Gasteiger charge is -2.33. The second kappa shape index (κ2) is 7.10. The Hall–Kier alpha value is -0.610. The summed E-state index contributed by atoms with van der Waals surface area (Å²) >= 11 is 0. The molecule has 3 unspecified atom stereocenters. The molecule has 1 heterocycles. The van der Waals surface area contributed by atoms with Crippen LogP contribution in [0.5, 0.6) is 0 Å². The molecule has 1 aliphatic carbocycles. The number of nitrogens with one attached hydrogen (secondary N) is 1. The smallest absolute Gasteiger partial charge is 0.237 e. The molecule has 2 fully saturated rings. The van der Waals surface area contributed by atoms with Crippen LogP contribution in [0.15, 0.2) is 0 Å². The van der Waals surface area contributed by atoms with Crippen molar-refractivity contribution in [1.29, 1.82) is 0 Å². The topological polar surface area (TPSA) is 58.4 Å². The Kier molecular flexibility index (Phi) is 5.67. The SMILES string of the molecule is CC(C)NC(C)(CCCN1CCC2CCCCC21)C(N)=O. The van der Waals surface area contributed by atoms with Gasteiger partial charge in [-0.1, -0.05) is 12.8 Å². The summed E-state index contributed by atoms with van der Waals surface area (Å²) in [5, 5.41) is 3.34. The molecule has 0 bridgehead atoms. The Morgan fingerprint density at radius 1 is 1.33 bits per heavy atom. The monoisotopic (exact) mass is 295 g/mol. The summed E-state index contributed by atoms with van der Waals surface area (Å²) in [6, 6.07) is 1.09. The van der Waals surface area contributed by atoms with E-state index in [4.69, 9.17) is 5.73 Å². The number of nitrogens with zero attached hydrogens (tertiary/aromatic N) is 1. The lowest BCUT2D eigenvalue weighted by Crippen LogP contribution is -2.55. The van der Waals surface area contributed by atoms with Crippen LogP contribution < -0.4 is 11.1 Å². The molecule has 3 N–H and O–H groups in total. The van der Waals surface area contributed by atoms with Crippen molar-refractivity contribution in [3.8, 4) is 0 Å². The van der Waals surface area contributed by atoms with Crippen molar-refractivity contribution in [1.82, 2.24) is 10.2 Å². The lowest BCUT2D eigenvalue weighted by molar-refractivity contribution is -0.124. The van der Waals surface area contributed by atoms with Crippen LogP contribution >= 0.6 is 0 Å². The maximum absolute atomic E-state index is 11.8. The normalized spacial score (nSPS) is 29.3. The van der Waals surface area contributed by atoms with Gasteiger partial charge in [0.25, 0.3) is 0 Å². The number of fused-ring (bicyclic) bond motifs is 1. The number of carbonyl (C=O) groups is 1. The Morgan fingerprint density at radius 2 is 2.05 bits per heavy atom. The van der Waals surface area contributed by atoms with Crippen LogP contribution in [-0.2, 0) is 4.79 Å². The maximum Gasteiger partial charge on any atom is 0.237 e. The number of primary amides is 1. The zero-order valence-electron chi connectivity index (χ0n) is 14.0. The van der Waals surface area contributed by atoms with Gasteiger partial charge in [-0.05, 0) is 71.9 Å². The summed E-state index contributed by atoms with van der Waals surface area (Å²) in [4.78, 5) is 14.4. The second-order valence-corrected chi connectivity index (χ2v) is 7.54. The number of rotatable bonds is 7. The fourth-order valence-electron chi connectivity index (χ4n) is 4.32. The zero-order chi connectivity index (χ0) is 15.5. The molecular weight excluding hydrogens is 262 g/mol. The lowest BCUT2D eigenvalue weighted by atomic mass is 9.85. The second-order valence-electron chi connectivity index (χ2n) is 7.54. The molecule has 3 atom stereocenters. The van der Waals surface area contributed by atoms with Gasteiger partial charge in [0.2, 0.25) is 5.91 Å². The molecule has 2 rings (SSSR count). The molecular formula is C17H33N3O. The van der Waals surface area contributed by atoms with Crippen molar-refractivity contribution >= 4 is 5.91 Å².